The van der Waals surface area contributed by atoms with Gasteiger partial charge in [0.25, 0.3) is 5.56 Å². The molecule has 3 aromatic rings. The number of esters is 1. The lowest BCUT2D eigenvalue weighted by Gasteiger charge is -2.35. The number of fused-ring (bicyclic) bond motifs is 5. The lowest BCUT2D eigenvalue weighted by molar-refractivity contribution is -0.175. The molecule has 5 rings (SSSR count). The Morgan fingerprint density at radius 3 is 2.88 bits per heavy atom. The van der Waals surface area contributed by atoms with Crippen LogP contribution in [0.2, 0.25) is 0 Å². The zero-order chi connectivity index (χ0) is 22.5. The second kappa shape index (κ2) is 7.67. The molecule has 9 heteroatoms. The number of thiol groups is 1. The van der Waals surface area contributed by atoms with Gasteiger partial charge in [0.05, 0.1) is 29.0 Å². The highest BCUT2D eigenvalue weighted by Crippen LogP contribution is 2.41. The van der Waals surface area contributed by atoms with Crippen LogP contribution in [0, 0.1) is 0 Å². The molecule has 0 saturated carbocycles. The van der Waals surface area contributed by atoms with Crippen molar-refractivity contribution < 1.29 is 23.8 Å². The number of rotatable bonds is 4. The van der Waals surface area contributed by atoms with E-state index in [1.54, 1.807) is 17.6 Å². The third kappa shape index (κ3) is 2.99. The monoisotopic (exact) mass is 452 g/mol. The fraction of sp³-hybridized carbons (Fsp3) is 0.304. The zero-order valence-corrected chi connectivity index (χ0v) is 18.2. The SMILES string of the molecule is CC[C@@]1(OC(=O)OCCS)C(=O)OCc2c1cc1n(c2=O)Cc2cc3ccccc3nc2-1. The molecule has 8 nitrogen and oxygen atoms in total. The quantitative estimate of drug-likeness (QED) is 0.375. The van der Waals surface area contributed by atoms with Crippen LogP contribution < -0.4 is 5.56 Å². The first-order valence-electron chi connectivity index (χ1n) is 10.3. The first-order valence-corrected chi connectivity index (χ1v) is 10.9. The Hall–Kier alpha value is -3.33. The fourth-order valence-electron chi connectivity index (χ4n) is 4.38. The predicted molar refractivity (Wildman–Crippen MR) is 119 cm³/mol. The van der Waals surface area contributed by atoms with Crippen molar-refractivity contribution in [2.75, 3.05) is 12.4 Å². The van der Waals surface area contributed by atoms with E-state index in [-0.39, 0.29) is 30.8 Å². The maximum absolute atomic E-state index is 13.4. The molecule has 0 unspecified atom stereocenters. The maximum Gasteiger partial charge on any atom is 0.509 e. The second-order valence-electron chi connectivity index (χ2n) is 7.68. The van der Waals surface area contributed by atoms with Crippen molar-refractivity contribution in [1.29, 1.82) is 0 Å². The first-order chi connectivity index (χ1) is 15.5. The summed E-state index contributed by atoms with van der Waals surface area (Å²) < 4.78 is 17.4. The highest BCUT2D eigenvalue weighted by Gasteiger charge is 2.51. The molecule has 1 atom stereocenters. The van der Waals surface area contributed by atoms with E-state index in [1.807, 2.05) is 30.3 Å². The van der Waals surface area contributed by atoms with Gasteiger partial charge in [0, 0.05) is 22.3 Å². The summed E-state index contributed by atoms with van der Waals surface area (Å²) in [6.07, 6.45) is -0.939. The van der Waals surface area contributed by atoms with Crippen LogP contribution in [0.3, 0.4) is 0 Å². The number of aromatic nitrogens is 2. The van der Waals surface area contributed by atoms with Gasteiger partial charge in [-0.3, -0.25) is 4.79 Å². The van der Waals surface area contributed by atoms with Gasteiger partial charge in [0.15, 0.2) is 0 Å². The summed E-state index contributed by atoms with van der Waals surface area (Å²) in [7, 11) is 0. The molecule has 0 N–H and O–H groups in total. The normalized spacial score (nSPS) is 18.5. The number of ether oxygens (including phenoxy) is 3. The van der Waals surface area contributed by atoms with Gasteiger partial charge in [-0.05, 0) is 24.6 Å². The second-order valence-corrected chi connectivity index (χ2v) is 8.13. The number of carbonyl (C=O) groups is 2. The van der Waals surface area contributed by atoms with Gasteiger partial charge in [-0.15, -0.1) is 0 Å². The third-order valence-corrected chi connectivity index (χ3v) is 6.14. The standard InChI is InChI=1S/C23H20N2O6S/c1-2-23(31-22(28)29-7-8-32)16-10-18-19-14(9-13-5-3-4-6-17(13)24-19)11-25(18)20(26)15(16)12-30-21(23)27/h3-6,9-10,32H,2,7-8,11-12H2,1H3/t23-/m0/s1. The number of pyridine rings is 2. The van der Waals surface area contributed by atoms with Crippen molar-refractivity contribution in [3.63, 3.8) is 0 Å². The molecule has 0 bridgehead atoms. The summed E-state index contributed by atoms with van der Waals surface area (Å²) >= 11 is 4.00. The Morgan fingerprint density at radius 1 is 1.28 bits per heavy atom. The summed E-state index contributed by atoms with van der Waals surface area (Å²) in [5, 5.41) is 0.980. The Morgan fingerprint density at radius 2 is 2.09 bits per heavy atom. The van der Waals surface area contributed by atoms with Crippen LogP contribution in [-0.2, 0) is 37.8 Å². The van der Waals surface area contributed by atoms with Gasteiger partial charge in [-0.2, -0.15) is 12.6 Å². The Labute approximate surface area is 188 Å². The average molecular weight is 452 g/mol. The Kier molecular flexibility index (Phi) is 4.93. The Balaban J connectivity index is 1.69. The summed E-state index contributed by atoms with van der Waals surface area (Å²) in [6.45, 7) is 1.90. The summed E-state index contributed by atoms with van der Waals surface area (Å²) in [6, 6.07) is 11.5. The van der Waals surface area contributed by atoms with Crippen molar-refractivity contribution in [2.24, 2.45) is 0 Å². The van der Waals surface area contributed by atoms with Crippen LogP contribution in [-0.4, -0.2) is 34.0 Å². The number of hydrogen-bond acceptors (Lipinski definition) is 8. The molecule has 2 aliphatic rings. The van der Waals surface area contributed by atoms with Gasteiger partial charge < -0.3 is 18.8 Å². The minimum atomic E-state index is -1.77. The summed E-state index contributed by atoms with van der Waals surface area (Å²) in [5.41, 5.74) is 1.50. The van der Waals surface area contributed by atoms with E-state index in [1.165, 1.54) is 0 Å². The zero-order valence-electron chi connectivity index (χ0n) is 17.3. The van der Waals surface area contributed by atoms with E-state index >= 15 is 0 Å². The van der Waals surface area contributed by atoms with E-state index in [0.29, 0.717) is 29.2 Å². The van der Waals surface area contributed by atoms with Crippen LogP contribution in [0.5, 0.6) is 0 Å². The van der Waals surface area contributed by atoms with Crippen molar-refractivity contribution in [3.05, 3.63) is 63.4 Å². The summed E-state index contributed by atoms with van der Waals surface area (Å²) in [4.78, 5) is 43.3. The van der Waals surface area contributed by atoms with Gasteiger partial charge in [-0.25, -0.2) is 14.6 Å². The molecular formula is C23H20N2O6S. The average Bonchev–Trinajstić information content (AvgIpc) is 3.16. The molecule has 0 saturated heterocycles. The van der Waals surface area contributed by atoms with E-state index in [4.69, 9.17) is 19.2 Å². The fourth-order valence-corrected chi connectivity index (χ4v) is 4.47. The molecule has 0 amide bonds. The Bertz CT molecular complexity index is 1330. The van der Waals surface area contributed by atoms with Crippen molar-refractivity contribution in [3.8, 4) is 11.4 Å². The molecule has 0 radical (unpaired) electrons. The number of carbonyl (C=O) groups excluding carboxylic acids is 2. The van der Waals surface area contributed by atoms with Crippen LogP contribution in [0.1, 0.15) is 30.0 Å². The number of benzene rings is 1. The van der Waals surface area contributed by atoms with Crippen molar-refractivity contribution in [1.82, 2.24) is 9.55 Å². The largest absolute Gasteiger partial charge is 0.509 e. The molecule has 2 aromatic heterocycles. The smallest absolute Gasteiger partial charge is 0.457 e. The number of cyclic esters (lactones) is 1. The van der Waals surface area contributed by atoms with Crippen LogP contribution in [0.4, 0.5) is 4.79 Å². The van der Waals surface area contributed by atoms with E-state index in [9.17, 15) is 14.4 Å². The van der Waals surface area contributed by atoms with Crippen LogP contribution >= 0.6 is 12.6 Å². The molecule has 32 heavy (non-hydrogen) atoms. The topological polar surface area (TPSA) is 96.7 Å². The number of nitrogens with zero attached hydrogens (tertiary/aromatic N) is 2. The molecular weight excluding hydrogens is 432 g/mol. The lowest BCUT2D eigenvalue weighted by Crippen LogP contribution is -2.47. The number of para-hydroxylation sites is 1. The molecule has 0 fully saturated rings. The maximum atomic E-state index is 13.4. The van der Waals surface area contributed by atoms with Crippen LogP contribution in [0.15, 0.2) is 41.2 Å². The van der Waals surface area contributed by atoms with E-state index in [2.05, 4.69) is 12.6 Å². The highest BCUT2D eigenvalue weighted by molar-refractivity contribution is 7.80. The van der Waals surface area contributed by atoms with Crippen molar-refractivity contribution in [2.45, 2.75) is 32.1 Å². The van der Waals surface area contributed by atoms with E-state index < -0.39 is 17.7 Å². The van der Waals surface area contributed by atoms with Gasteiger partial charge >= 0.3 is 12.1 Å². The van der Waals surface area contributed by atoms with E-state index in [0.717, 1.165) is 16.5 Å². The molecule has 0 spiro atoms. The van der Waals surface area contributed by atoms with Gasteiger partial charge in [0.1, 0.15) is 13.2 Å². The number of hydrogen-bond donors (Lipinski definition) is 1. The predicted octanol–water partition coefficient (Wildman–Crippen LogP) is 3.17. The molecule has 4 heterocycles. The minimum Gasteiger partial charge on any atom is -0.457 e. The summed E-state index contributed by atoms with van der Waals surface area (Å²) in [5.74, 6) is -0.426. The molecule has 1 aromatic carbocycles. The minimum absolute atomic E-state index is 0.0286. The molecule has 164 valence electrons. The van der Waals surface area contributed by atoms with Gasteiger partial charge in [0.2, 0.25) is 5.60 Å². The van der Waals surface area contributed by atoms with Gasteiger partial charge in [-0.1, -0.05) is 25.1 Å². The molecule has 2 aliphatic heterocycles. The lowest BCUT2D eigenvalue weighted by atomic mass is 9.85. The van der Waals surface area contributed by atoms with Crippen LogP contribution in [0.25, 0.3) is 22.3 Å². The molecule has 0 aliphatic carbocycles. The third-order valence-electron chi connectivity index (χ3n) is 5.95. The highest BCUT2D eigenvalue weighted by atomic mass is 32.1. The first kappa shape index (κ1) is 20.6. The van der Waals surface area contributed by atoms with Crippen molar-refractivity contribution >= 4 is 35.7 Å².